The summed E-state index contributed by atoms with van der Waals surface area (Å²) in [5.41, 5.74) is 1.44. The molecule has 0 atom stereocenters. The van der Waals surface area contributed by atoms with E-state index in [1.807, 2.05) is 12.1 Å². The number of aromatic hydroxyl groups is 1. The van der Waals surface area contributed by atoms with E-state index in [9.17, 15) is 5.11 Å². The fourth-order valence-corrected chi connectivity index (χ4v) is 2.56. The summed E-state index contributed by atoms with van der Waals surface area (Å²) in [6.07, 6.45) is 4.01. The van der Waals surface area contributed by atoms with Gasteiger partial charge in [-0.3, -0.25) is 0 Å². The zero-order valence-corrected chi connectivity index (χ0v) is 11.2. The molecule has 1 saturated carbocycles. The van der Waals surface area contributed by atoms with Crippen LogP contribution < -0.4 is 5.32 Å². The molecule has 2 nitrogen and oxygen atoms in total. The first-order valence-corrected chi connectivity index (χ1v) is 6.56. The van der Waals surface area contributed by atoms with E-state index in [4.69, 9.17) is 0 Å². The topological polar surface area (TPSA) is 32.3 Å². The van der Waals surface area contributed by atoms with Crippen LogP contribution in [0.4, 0.5) is 0 Å². The molecule has 0 heterocycles. The number of hydrogen-bond donors (Lipinski definition) is 2. The van der Waals surface area contributed by atoms with E-state index in [1.165, 1.54) is 19.3 Å². The van der Waals surface area contributed by atoms with Crippen LogP contribution in [0.25, 0.3) is 0 Å². The Bertz CT molecular complexity index is 374. The minimum absolute atomic E-state index is 0.370. The monoisotopic (exact) mass is 283 g/mol. The summed E-state index contributed by atoms with van der Waals surface area (Å²) in [4.78, 5) is 0. The lowest BCUT2D eigenvalue weighted by molar-refractivity contribution is 0.156. The van der Waals surface area contributed by atoms with Gasteiger partial charge in [0, 0.05) is 23.1 Å². The molecule has 1 aromatic carbocycles. The Hall–Kier alpha value is -0.540. The Labute approximate surface area is 105 Å². The maximum atomic E-state index is 9.67. The second-order valence-corrected chi connectivity index (χ2v) is 5.96. The molecule has 88 valence electrons. The van der Waals surface area contributed by atoms with E-state index in [0.717, 1.165) is 23.1 Å². The van der Waals surface area contributed by atoms with Crippen LogP contribution in [0, 0.1) is 5.41 Å². The van der Waals surface area contributed by atoms with Gasteiger partial charge in [0.15, 0.2) is 0 Å². The average molecular weight is 284 g/mol. The largest absolute Gasteiger partial charge is 0.508 e. The molecule has 2 rings (SSSR count). The molecule has 0 unspecified atom stereocenters. The van der Waals surface area contributed by atoms with Crippen molar-refractivity contribution in [3.8, 4) is 5.75 Å². The van der Waals surface area contributed by atoms with Crippen molar-refractivity contribution in [1.29, 1.82) is 0 Å². The minimum Gasteiger partial charge on any atom is -0.508 e. The Balaban J connectivity index is 1.87. The number of rotatable bonds is 4. The molecule has 0 spiro atoms. The zero-order chi connectivity index (χ0) is 11.6. The molecule has 0 radical (unpaired) electrons. The van der Waals surface area contributed by atoms with Gasteiger partial charge in [0.2, 0.25) is 0 Å². The third kappa shape index (κ3) is 2.77. The van der Waals surface area contributed by atoms with Gasteiger partial charge in [-0.2, -0.15) is 0 Å². The van der Waals surface area contributed by atoms with Crippen molar-refractivity contribution in [3.05, 3.63) is 28.2 Å². The van der Waals surface area contributed by atoms with Crippen molar-refractivity contribution in [2.45, 2.75) is 32.7 Å². The lowest BCUT2D eigenvalue weighted by Gasteiger charge is -2.38. The zero-order valence-electron chi connectivity index (χ0n) is 9.59. The third-order valence-electron chi connectivity index (χ3n) is 3.47. The van der Waals surface area contributed by atoms with Crippen molar-refractivity contribution in [1.82, 2.24) is 5.32 Å². The molecule has 16 heavy (non-hydrogen) atoms. The number of hydrogen-bond acceptors (Lipinski definition) is 2. The molecule has 0 saturated heterocycles. The molecule has 0 bridgehead atoms. The number of benzene rings is 1. The van der Waals surface area contributed by atoms with Crippen LogP contribution in [0.1, 0.15) is 31.7 Å². The van der Waals surface area contributed by atoms with Crippen LogP contribution in [-0.4, -0.2) is 11.7 Å². The van der Waals surface area contributed by atoms with Crippen molar-refractivity contribution in [2.75, 3.05) is 6.54 Å². The first-order chi connectivity index (χ1) is 7.59. The van der Waals surface area contributed by atoms with Crippen LogP contribution >= 0.6 is 15.9 Å². The summed E-state index contributed by atoms with van der Waals surface area (Å²) >= 11 is 3.41. The molecule has 1 aromatic rings. The number of nitrogens with one attached hydrogen (secondary N) is 1. The molecule has 0 aromatic heterocycles. The first-order valence-electron chi connectivity index (χ1n) is 5.77. The maximum absolute atomic E-state index is 9.67. The van der Waals surface area contributed by atoms with Gasteiger partial charge >= 0.3 is 0 Å². The van der Waals surface area contributed by atoms with E-state index < -0.39 is 0 Å². The molecule has 0 aliphatic heterocycles. The van der Waals surface area contributed by atoms with E-state index in [2.05, 4.69) is 28.2 Å². The number of phenolic OH excluding ortho intramolecular Hbond substituents is 1. The van der Waals surface area contributed by atoms with Crippen molar-refractivity contribution in [2.24, 2.45) is 5.41 Å². The predicted molar refractivity (Wildman–Crippen MR) is 69.5 cm³/mol. The van der Waals surface area contributed by atoms with Crippen molar-refractivity contribution in [3.63, 3.8) is 0 Å². The van der Waals surface area contributed by atoms with E-state index in [-0.39, 0.29) is 0 Å². The summed E-state index contributed by atoms with van der Waals surface area (Å²) < 4.78 is 1.01. The quantitative estimate of drug-likeness (QED) is 0.887. The third-order valence-corrected chi connectivity index (χ3v) is 3.96. The average Bonchev–Trinajstić information content (AvgIpc) is 2.21. The minimum atomic E-state index is 0.370. The number of phenols is 1. The molecule has 1 aliphatic rings. The fourth-order valence-electron chi connectivity index (χ4n) is 2.15. The standard InChI is InChI=1S/C13H18BrNO/c1-13(5-2-6-13)9-15-8-10-7-11(14)3-4-12(10)16/h3-4,7,15-16H,2,5-6,8-9H2,1H3. The van der Waals surface area contributed by atoms with Gasteiger partial charge in [-0.25, -0.2) is 0 Å². The fraction of sp³-hybridized carbons (Fsp3) is 0.538. The Morgan fingerprint density at radius 2 is 2.19 bits per heavy atom. The second-order valence-electron chi connectivity index (χ2n) is 5.04. The van der Waals surface area contributed by atoms with Gasteiger partial charge in [0.05, 0.1) is 0 Å². The van der Waals surface area contributed by atoms with Gasteiger partial charge in [-0.15, -0.1) is 0 Å². The second kappa shape index (κ2) is 4.76. The van der Waals surface area contributed by atoms with Gasteiger partial charge < -0.3 is 10.4 Å². The van der Waals surface area contributed by atoms with E-state index in [1.54, 1.807) is 6.07 Å². The summed E-state index contributed by atoms with van der Waals surface area (Å²) in [7, 11) is 0. The van der Waals surface area contributed by atoms with Crippen LogP contribution in [0.2, 0.25) is 0 Å². The molecule has 1 fully saturated rings. The Morgan fingerprint density at radius 1 is 1.44 bits per heavy atom. The van der Waals surface area contributed by atoms with Gasteiger partial charge in [0.25, 0.3) is 0 Å². The molecule has 0 amide bonds. The first kappa shape index (κ1) is 11.9. The van der Waals surface area contributed by atoms with Gasteiger partial charge in [0.1, 0.15) is 5.75 Å². The van der Waals surface area contributed by atoms with Crippen LogP contribution in [0.5, 0.6) is 5.75 Å². The molecule has 2 N–H and O–H groups in total. The SMILES string of the molecule is CC1(CNCc2cc(Br)ccc2O)CCC1. The molecular formula is C13H18BrNO. The highest BCUT2D eigenvalue weighted by molar-refractivity contribution is 9.10. The van der Waals surface area contributed by atoms with Crippen molar-refractivity contribution >= 4 is 15.9 Å². The Kier molecular flexibility index (Phi) is 3.55. The van der Waals surface area contributed by atoms with E-state index in [0.29, 0.717) is 11.2 Å². The molecule has 1 aliphatic carbocycles. The highest BCUT2D eigenvalue weighted by atomic mass is 79.9. The summed E-state index contributed by atoms with van der Waals surface area (Å²) in [5, 5.41) is 13.1. The molecule has 3 heteroatoms. The predicted octanol–water partition coefficient (Wildman–Crippen LogP) is 3.43. The van der Waals surface area contributed by atoms with Crippen LogP contribution in [0.15, 0.2) is 22.7 Å². The highest BCUT2D eigenvalue weighted by Crippen LogP contribution is 2.39. The van der Waals surface area contributed by atoms with E-state index >= 15 is 0 Å². The van der Waals surface area contributed by atoms with Crippen LogP contribution in [0.3, 0.4) is 0 Å². The lowest BCUT2D eigenvalue weighted by atomic mass is 9.70. The highest BCUT2D eigenvalue weighted by Gasteiger charge is 2.30. The summed E-state index contributed by atoms with van der Waals surface area (Å²) in [6, 6.07) is 5.55. The van der Waals surface area contributed by atoms with Crippen molar-refractivity contribution < 1.29 is 5.11 Å². The lowest BCUT2D eigenvalue weighted by Crippen LogP contribution is -2.36. The van der Waals surface area contributed by atoms with Gasteiger partial charge in [-0.05, 0) is 36.5 Å². The smallest absolute Gasteiger partial charge is 0.120 e. The summed E-state index contributed by atoms with van der Waals surface area (Å²) in [5.74, 6) is 0.370. The maximum Gasteiger partial charge on any atom is 0.120 e. The number of halogens is 1. The van der Waals surface area contributed by atoms with Gasteiger partial charge in [-0.1, -0.05) is 29.3 Å². The normalized spacial score (nSPS) is 18.1. The van der Waals surface area contributed by atoms with Crippen LogP contribution in [-0.2, 0) is 6.54 Å². The summed E-state index contributed by atoms with van der Waals surface area (Å²) in [6.45, 7) is 4.10. The Morgan fingerprint density at radius 3 is 2.81 bits per heavy atom. The molecular weight excluding hydrogens is 266 g/mol.